The molecule has 6 rings (SSSR count). The van der Waals surface area contributed by atoms with Gasteiger partial charge in [-0.2, -0.15) is 20.1 Å². The van der Waals surface area contributed by atoms with Gasteiger partial charge in [0, 0.05) is 47.1 Å². The molecule has 0 spiro atoms. The van der Waals surface area contributed by atoms with Crippen molar-refractivity contribution in [1.29, 1.82) is 0 Å². The highest BCUT2D eigenvalue weighted by Gasteiger charge is 2.43. The van der Waals surface area contributed by atoms with E-state index >= 15 is 8.78 Å². The average molecular weight is 565 g/mol. The summed E-state index contributed by atoms with van der Waals surface area (Å²) in [6, 6.07) is 8.09. The van der Waals surface area contributed by atoms with E-state index in [9.17, 15) is 4.79 Å². The molecule has 204 valence electrons. The minimum Gasteiger partial charge on any atom is -0.277 e. The number of nitrogens with zero attached hydrogens (tertiary/aromatic N) is 7. The number of halogens is 3. The first-order valence-electron chi connectivity index (χ1n) is 14.1. The summed E-state index contributed by atoms with van der Waals surface area (Å²) in [5, 5.41) is 12.1. The summed E-state index contributed by atoms with van der Waals surface area (Å²) in [5.41, 5.74) is 2.29. The van der Waals surface area contributed by atoms with Crippen LogP contribution in [-0.2, 0) is 14.0 Å². The molecule has 4 aromatic heterocycles. The van der Waals surface area contributed by atoms with Crippen LogP contribution in [-0.4, -0.2) is 34.3 Å². The molecule has 8 nitrogen and oxygen atoms in total. The van der Waals surface area contributed by atoms with Gasteiger partial charge in [-0.05, 0) is 68.5 Å². The van der Waals surface area contributed by atoms with Crippen molar-refractivity contribution >= 4 is 11.6 Å². The zero-order chi connectivity index (χ0) is 31.0. The lowest BCUT2D eigenvalue weighted by Crippen LogP contribution is -2.24. The lowest BCUT2D eigenvalue weighted by molar-refractivity contribution is 0.601. The molecule has 11 heteroatoms. The van der Waals surface area contributed by atoms with Crippen LogP contribution in [0.2, 0.25) is 5.02 Å². The van der Waals surface area contributed by atoms with Crippen LogP contribution in [0.4, 0.5) is 8.78 Å². The Morgan fingerprint density at radius 2 is 1.82 bits per heavy atom. The molecule has 0 N–H and O–H groups in total. The van der Waals surface area contributed by atoms with Crippen molar-refractivity contribution in [3.8, 4) is 28.2 Å². The van der Waals surface area contributed by atoms with Crippen LogP contribution in [0, 0.1) is 32.4 Å². The molecule has 0 radical (unpaired) electrons. The molecule has 1 aromatic carbocycles. The van der Waals surface area contributed by atoms with Gasteiger partial charge in [-0.15, -0.1) is 0 Å². The second-order valence-corrected chi connectivity index (χ2v) is 10.5. The van der Waals surface area contributed by atoms with Gasteiger partial charge in [0.05, 0.1) is 29.0 Å². The van der Waals surface area contributed by atoms with Gasteiger partial charge in [0.15, 0.2) is 5.82 Å². The maximum Gasteiger partial charge on any atom is 0.274 e. The molecular formula is C29H26ClF2N7O. The van der Waals surface area contributed by atoms with Crippen LogP contribution >= 0.6 is 11.6 Å². The molecule has 0 aliphatic heterocycles. The fourth-order valence-electron chi connectivity index (χ4n) is 5.39. The van der Waals surface area contributed by atoms with Crippen molar-refractivity contribution in [3.05, 3.63) is 97.9 Å². The third kappa shape index (κ3) is 4.14. The Hall–Kier alpha value is -4.18. The minimum atomic E-state index is -2.50. The standard InChI is InChI=1S/C29H26ClF2N7O/c1-14-12-33-27(18-8-6-7-17(25(18)31)23-9-15(2)35-37(23)4)26(32)28(14)39-16(3)10-21(24(30)29(39)40)19-11-20(19)22-13-34-38(5)36-22/h6-10,12-13,19-20H,11H2,1-5H3/t19-,20-/m0/s1/i5D3. The Morgan fingerprint density at radius 1 is 1.05 bits per heavy atom. The largest absolute Gasteiger partial charge is 0.277 e. The zero-order valence-electron chi connectivity index (χ0n) is 25.1. The van der Waals surface area contributed by atoms with Crippen molar-refractivity contribution in [2.45, 2.75) is 39.0 Å². The van der Waals surface area contributed by atoms with E-state index < -0.39 is 24.2 Å². The van der Waals surface area contributed by atoms with Crippen LogP contribution in [0.1, 0.15) is 50.6 Å². The van der Waals surface area contributed by atoms with E-state index in [1.165, 1.54) is 23.0 Å². The molecular weight excluding hydrogens is 536 g/mol. The van der Waals surface area contributed by atoms with E-state index in [0.717, 1.165) is 0 Å². The molecule has 0 bridgehead atoms. The summed E-state index contributed by atoms with van der Waals surface area (Å²) in [4.78, 5) is 18.6. The van der Waals surface area contributed by atoms with E-state index in [1.807, 2.05) is 0 Å². The molecule has 1 fully saturated rings. The monoisotopic (exact) mass is 564 g/mol. The lowest BCUT2D eigenvalue weighted by Gasteiger charge is -2.18. The van der Waals surface area contributed by atoms with Crippen molar-refractivity contribution in [2.75, 3.05) is 0 Å². The number of pyridine rings is 2. The first-order chi connectivity index (χ1) is 20.3. The highest BCUT2D eigenvalue weighted by atomic mass is 35.5. The highest BCUT2D eigenvalue weighted by molar-refractivity contribution is 6.31. The van der Waals surface area contributed by atoms with Crippen molar-refractivity contribution in [3.63, 3.8) is 0 Å². The quantitative estimate of drug-likeness (QED) is 0.279. The number of aryl methyl sites for hydroxylation is 5. The molecule has 5 aromatic rings. The molecule has 1 aliphatic rings. The molecule has 2 atom stereocenters. The molecule has 0 amide bonds. The topological polar surface area (TPSA) is 83.4 Å². The summed E-state index contributed by atoms with van der Waals surface area (Å²) < 4.78 is 57.4. The van der Waals surface area contributed by atoms with E-state index in [4.69, 9.17) is 15.7 Å². The fourth-order valence-corrected chi connectivity index (χ4v) is 5.67. The van der Waals surface area contributed by atoms with Crippen LogP contribution in [0.5, 0.6) is 0 Å². The summed E-state index contributed by atoms with van der Waals surface area (Å²) >= 11 is 6.61. The van der Waals surface area contributed by atoms with E-state index in [2.05, 4.69) is 20.3 Å². The second kappa shape index (κ2) is 9.48. The maximum atomic E-state index is 16.3. The van der Waals surface area contributed by atoms with Gasteiger partial charge in [0.1, 0.15) is 16.5 Å². The Labute approximate surface area is 238 Å². The Bertz CT molecular complexity index is 1980. The number of hydrogen-bond acceptors (Lipinski definition) is 5. The molecule has 0 unspecified atom stereocenters. The molecule has 1 saturated carbocycles. The van der Waals surface area contributed by atoms with Crippen molar-refractivity contribution in [1.82, 2.24) is 34.3 Å². The van der Waals surface area contributed by atoms with Gasteiger partial charge >= 0.3 is 0 Å². The van der Waals surface area contributed by atoms with Gasteiger partial charge in [0.2, 0.25) is 0 Å². The second-order valence-electron chi connectivity index (χ2n) is 10.1. The van der Waals surface area contributed by atoms with Gasteiger partial charge in [-0.1, -0.05) is 17.7 Å². The molecule has 40 heavy (non-hydrogen) atoms. The van der Waals surface area contributed by atoms with Crippen LogP contribution in [0.15, 0.2) is 47.5 Å². The Balaban J connectivity index is 1.41. The Morgan fingerprint density at radius 3 is 2.52 bits per heavy atom. The molecule has 1 aliphatic carbocycles. The number of benzene rings is 1. The predicted octanol–water partition coefficient (Wildman–Crippen LogP) is 5.56. The first kappa shape index (κ1) is 22.6. The zero-order valence-corrected chi connectivity index (χ0v) is 22.8. The van der Waals surface area contributed by atoms with Crippen molar-refractivity contribution in [2.24, 2.45) is 14.0 Å². The number of rotatable bonds is 5. The summed E-state index contributed by atoms with van der Waals surface area (Å²) in [6.07, 6.45) is 3.40. The van der Waals surface area contributed by atoms with E-state index in [1.54, 1.807) is 56.8 Å². The smallest absolute Gasteiger partial charge is 0.274 e. The summed E-state index contributed by atoms with van der Waals surface area (Å²) in [6.45, 7) is 2.57. The summed E-state index contributed by atoms with van der Waals surface area (Å²) in [7, 11) is 1.70. The first-order valence-corrected chi connectivity index (χ1v) is 13.0. The van der Waals surface area contributed by atoms with Gasteiger partial charge in [-0.3, -0.25) is 19.0 Å². The predicted molar refractivity (Wildman–Crippen MR) is 148 cm³/mol. The number of hydrogen-bond donors (Lipinski definition) is 0. The van der Waals surface area contributed by atoms with Crippen LogP contribution < -0.4 is 5.56 Å². The van der Waals surface area contributed by atoms with Crippen LogP contribution in [0.3, 0.4) is 0 Å². The third-order valence-electron chi connectivity index (χ3n) is 7.37. The van der Waals surface area contributed by atoms with Gasteiger partial charge in [-0.25, -0.2) is 8.78 Å². The van der Waals surface area contributed by atoms with Gasteiger partial charge < -0.3 is 0 Å². The van der Waals surface area contributed by atoms with E-state index in [0.29, 0.717) is 45.1 Å². The minimum absolute atomic E-state index is 0.0607. The molecule has 0 saturated heterocycles. The number of aromatic nitrogens is 7. The third-order valence-corrected chi connectivity index (χ3v) is 7.75. The fraction of sp³-hybridized carbons (Fsp3) is 0.276. The van der Waals surface area contributed by atoms with E-state index in [-0.39, 0.29) is 39.4 Å². The summed E-state index contributed by atoms with van der Waals surface area (Å²) in [5.74, 6) is -1.87. The lowest BCUT2D eigenvalue weighted by atomic mass is 10.0. The maximum absolute atomic E-state index is 16.3. The van der Waals surface area contributed by atoms with Gasteiger partial charge in [0.25, 0.3) is 5.56 Å². The van der Waals surface area contributed by atoms with Crippen molar-refractivity contribution < 1.29 is 12.9 Å². The molecule has 4 heterocycles. The highest BCUT2D eigenvalue weighted by Crippen LogP contribution is 2.55. The van der Waals surface area contributed by atoms with Crippen LogP contribution in [0.25, 0.3) is 28.2 Å². The normalized spacial score (nSPS) is 17.9. The SMILES string of the molecule is [2H]C([2H])([2H])n1ncc([C@H]2C[C@@H]2c2cc(C)n(-c3c(C)cnc(-c4cccc(-c5cc(C)nn5C)c4F)c3F)c(=O)c2Cl)n1. The Kier molecular flexibility index (Phi) is 5.36. The average Bonchev–Trinajstić information content (AvgIpc) is 3.40.